The van der Waals surface area contributed by atoms with Gasteiger partial charge in [-0.3, -0.25) is 14.9 Å². The highest BCUT2D eigenvalue weighted by Gasteiger charge is 2.13. The SMILES string of the molecule is CC(O)CN(C)c1ccc([N+](=O)[O-])cc1C=O. The number of anilines is 1. The summed E-state index contributed by atoms with van der Waals surface area (Å²) in [4.78, 5) is 22.6. The van der Waals surface area contributed by atoms with E-state index in [9.17, 15) is 20.0 Å². The van der Waals surface area contributed by atoms with Crippen LogP contribution >= 0.6 is 0 Å². The predicted octanol–water partition coefficient (Wildman–Crippen LogP) is 1.22. The number of likely N-dealkylation sites (N-methyl/N-ethyl adjacent to an activating group) is 1. The Balaban J connectivity index is 3.08. The fourth-order valence-electron chi connectivity index (χ4n) is 1.59. The molecule has 0 bridgehead atoms. The quantitative estimate of drug-likeness (QED) is 0.473. The highest BCUT2D eigenvalue weighted by molar-refractivity contribution is 5.85. The van der Waals surface area contributed by atoms with E-state index in [4.69, 9.17) is 0 Å². The lowest BCUT2D eigenvalue weighted by atomic mass is 10.1. The summed E-state index contributed by atoms with van der Waals surface area (Å²) in [6, 6.07) is 4.06. The molecule has 0 fully saturated rings. The van der Waals surface area contributed by atoms with Crippen molar-refractivity contribution in [2.24, 2.45) is 0 Å². The smallest absolute Gasteiger partial charge is 0.270 e. The third-order valence-electron chi connectivity index (χ3n) is 2.30. The minimum Gasteiger partial charge on any atom is -0.392 e. The van der Waals surface area contributed by atoms with Crippen molar-refractivity contribution in [3.63, 3.8) is 0 Å². The average molecular weight is 238 g/mol. The first kappa shape index (κ1) is 13.1. The topological polar surface area (TPSA) is 83.7 Å². The van der Waals surface area contributed by atoms with Gasteiger partial charge in [-0.2, -0.15) is 0 Å². The molecule has 0 aliphatic carbocycles. The van der Waals surface area contributed by atoms with Crippen LogP contribution in [-0.2, 0) is 0 Å². The second-order valence-corrected chi connectivity index (χ2v) is 3.85. The van der Waals surface area contributed by atoms with Crippen LogP contribution in [-0.4, -0.2) is 36.0 Å². The maximum Gasteiger partial charge on any atom is 0.270 e. The molecule has 0 saturated carbocycles. The van der Waals surface area contributed by atoms with Crippen LogP contribution in [0.3, 0.4) is 0 Å². The van der Waals surface area contributed by atoms with Crippen LogP contribution in [0.5, 0.6) is 0 Å². The maximum absolute atomic E-state index is 10.9. The summed E-state index contributed by atoms with van der Waals surface area (Å²) in [5.41, 5.74) is 0.676. The Morgan fingerprint density at radius 2 is 2.24 bits per heavy atom. The standard InChI is InChI=1S/C11H14N2O4/c1-8(15)6-12(2)11-4-3-10(13(16)17)5-9(11)7-14/h3-5,7-8,15H,6H2,1-2H3. The maximum atomic E-state index is 10.9. The van der Waals surface area contributed by atoms with Crippen molar-refractivity contribution in [2.45, 2.75) is 13.0 Å². The highest BCUT2D eigenvalue weighted by atomic mass is 16.6. The molecule has 1 aromatic carbocycles. The minimum absolute atomic E-state index is 0.124. The molecular formula is C11H14N2O4. The average Bonchev–Trinajstić information content (AvgIpc) is 2.27. The van der Waals surface area contributed by atoms with E-state index in [1.54, 1.807) is 18.9 Å². The largest absolute Gasteiger partial charge is 0.392 e. The van der Waals surface area contributed by atoms with Crippen molar-refractivity contribution in [1.82, 2.24) is 0 Å². The predicted molar refractivity (Wildman–Crippen MR) is 63.4 cm³/mol. The van der Waals surface area contributed by atoms with E-state index in [1.807, 2.05) is 0 Å². The number of aldehydes is 1. The summed E-state index contributed by atoms with van der Waals surface area (Å²) >= 11 is 0. The van der Waals surface area contributed by atoms with Crippen LogP contribution in [0.15, 0.2) is 18.2 Å². The third kappa shape index (κ3) is 3.25. The molecule has 1 rings (SSSR count). The second kappa shape index (κ2) is 5.40. The Labute approximate surface area is 98.6 Å². The van der Waals surface area contributed by atoms with Crippen LogP contribution in [0.2, 0.25) is 0 Å². The van der Waals surface area contributed by atoms with Gasteiger partial charge in [0.25, 0.3) is 5.69 Å². The monoisotopic (exact) mass is 238 g/mol. The Morgan fingerprint density at radius 1 is 1.59 bits per heavy atom. The lowest BCUT2D eigenvalue weighted by Crippen LogP contribution is -2.27. The zero-order valence-electron chi connectivity index (χ0n) is 9.66. The van der Waals surface area contributed by atoms with Gasteiger partial charge in [-0.25, -0.2) is 0 Å². The molecule has 0 saturated heterocycles. The molecule has 0 heterocycles. The number of rotatable bonds is 5. The number of aliphatic hydroxyl groups excluding tert-OH is 1. The number of hydrogen-bond donors (Lipinski definition) is 1. The molecular weight excluding hydrogens is 224 g/mol. The van der Waals surface area contributed by atoms with E-state index in [1.165, 1.54) is 18.2 Å². The van der Waals surface area contributed by atoms with Gasteiger partial charge in [-0.1, -0.05) is 0 Å². The third-order valence-corrected chi connectivity index (χ3v) is 2.30. The van der Waals surface area contributed by atoms with Crippen molar-refractivity contribution >= 4 is 17.7 Å². The molecule has 0 spiro atoms. The highest BCUT2D eigenvalue weighted by Crippen LogP contribution is 2.23. The zero-order valence-corrected chi connectivity index (χ0v) is 9.66. The Morgan fingerprint density at radius 3 is 2.71 bits per heavy atom. The molecule has 0 aliphatic heterocycles. The molecule has 1 N–H and O–H groups in total. The van der Waals surface area contributed by atoms with Gasteiger partial charge in [0.05, 0.1) is 11.0 Å². The number of hydrogen-bond acceptors (Lipinski definition) is 5. The van der Waals surface area contributed by atoms with Crippen LogP contribution in [0, 0.1) is 10.1 Å². The first-order valence-corrected chi connectivity index (χ1v) is 5.08. The van der Waals surface area contributed by atoms with Gasteiger partial charge < -0.3 is 10.0 Å². The normalized spacial score (nSPS) is 11.9. The summed E-state index contributed by atoms with van der Waals surface area (Å²) in [7, 11) is 1.71. The molecule has 1 unspecified atom stereocenters. The van der Waals surface area contributed by atoms with Gasteiger partial charge in [0.2, 0.25) is 0 Å². The number of aliphatic hydroxyl groups is 1. The van der Waals surface area contributed by atoms with Crippen molar-refractivity contribution in [1.29, 1.82) is 0 Å². The van der Waals surface area contributed by atoms with Crippen LogP contribution in [0.25, 0.3) is 0 Å². The molecule has 0 amide bonds. The number of carbonyl (C=O) groups excluding carboxylic acids is 1. The van der Waals surface area contributed by atoms with E-state index in [0.29, 0.717) is 18.5 Å². The molecule has 6 nitrogen and oxygen atoms in total. The Bertz CT molecular complexity index is 431. The van der Waals surface area contributed by atoms with Gasteiger partial charge in [0.15, 0.2) is 6.29 Å². The van der Waals surface area contributed by atoms with Gasteiger partial charge >= 0.3 is 0 Å². The molecule has 1 atom stereocenters. The first-order valence-electron chi connectivity index (χ1n) is 5.08. The van der Waals surface area contributed by atoms with Crippen molar-refractivity contribution in [3.05, 3.63) is 33.9 Å². The van der Waals surface area contributed by atoms with Crippen LogP contribution < -0.4 is 4.90 Å². The number of nitro benzene ring substituents is 1. The molecule has 6 heteroatoms. The van der Waals surface area contributed by atoms with Gasteiger partial charge in [0, 0.05) is 37.0 Å². The minimum atomic E-state index is -0.550. The summed E-state index contributed by atoms with van der Waals surface area (Å²) in [6.07, 6.45) is 0.0237. The molecule has 17 heavy (non-hydrogen) atoms. The van der Waals surface area contributed by atoms with Crippen LogP contribution in [0.1, 0.15) is 17.3 Å². The lowest BCUT2D eigenvalue weighted by molar-refractivity contribution is -0.384. The van der Waals surface area contributed by atoms with E-state index >= 15 is 0 Å². The molecule has 0 radical (unpaired) electrons. The van der Waals surface area contributed by atoms with Gasteiger partial charge in [-0.05, 0) is 13.0 Å². The first-order chi connectivity index (χ1) is 7.95. The Kier molecular flexibility index (Phi) is 4.17. The second-order valence-electron chi connectivity index (χ2n) is 3.85. The fraction of sp³-hybridized carbons (Fsp3) is 0.364. The number of benzene rings is 1. The van der Waals surface area contributed by atoms with Crippen molar-refractivity contribution < 1.29 is 14.8 Å². The van der Waals surface area contributed by atoms with Crippen LogP contribution in [0.4, 0.5) is 11.4 Å². The molecule has 0 aliphatic rings. The molecule has 1 aromatic rings. The number of carbonyl (C=O) groups is 1. The summed E-state index contributed by atoms with van der Waals surface area (Å²) in [5.74, 6) is 0. The van der Waals surface area contributed by atoms with Gasteiger partial charge in [0.1, 0.15) is 0 Å². The molecule has 0 aromatic heterocycles. The Hall–Kier alpha value is -1.95. The van der Waals surface area contributed by atoms with E-state index in [2.05, 4.69) is 0 Å². The zero-order chi connectivity index (χ0) is 13.0. The van der Waals surface area contributed by atoms with E-state index in [0.717, 1.165) is 0 Å². The summed E-state index contributed by atoms with van der Waals surface area (Å²) in [5, 5.41) is 19.8. The number of nitrogens with zero attached hydrogens (tertiary/aromatic N) is 2. The number of nitro groups is 1. The summed E-state index contributed by atoms with van der Waals surface area (Å²) in [6.45, 7) is 1.97. The van der Waals surface area contributed by atoms with Gasteiger partial charge in [-0.15, -0.1) is 0 Å². The molecule has 92 valence electrons. The van der Waals surface area contributed by atoms with Crippen molar-refractivity contribution in [3.8, 4) is 0 Å². The van der Waals surface area contributed by atoms with E-state index < -0.39 is 11.0 Å². The number of non-ortho nitro benzene ring substituents is 1. The lowest BCUT2D eigenvalue weighted by Gasteiger charge is -2.22. The van der Waals surface area contributed by atoms with E-state index in [-0.39, 0.29) is 11.3 Å². The summed E-state index contributed by atoms with van der Waals surface area (Å²) < 4.78 is 0. The fourth-order valence-corrected chi connectivity index (χ4v) is 1.59. The van der Waals surface area contributed by atoms with Crippen molar-refractivity contribution in [2.75, 3.05) is 18.5 Å².